The third-order valence-corrected chi connectivity index (χ3v) is 3.17. The molecule has 1 heterocycles. The van der Waals surface area contributed by atoms with E-state index in [9.17, 15) is 10.1 Å². The smallest absolute Gasteiger partial charge is 0.264 e. The van der Waals surface area contributed by atoms with Crippen molar-refractivity contribution in [2.45, 2.75) is 6.92 Å². The Hall–Kier alpha value is -2.32. The molecule has 0 atom stereocenters. The molecule has 0 unspecified atom stereocenters. The van der Waals surface area contributed by atoms with Crippen LogP contribution in [0.5, 0.6) is 5.75 Å². The Bertz CT molecular complexity index is 569. The van der Waals surface area contributed by atoms with Crippen molar-refractivity contribution in [1.82, 2.24) is 4.90 Å². The number of para-hydroxylation sites is 1. The van der Waals surface area contributed by atoms with Crippen molar-refractivity contribution < 1.29 is 14.3 Å². The number of carbonyl (C=O) groups is 1. The van der Waals surface area contributed by atoms with Crippen molar-refractivity contribution in [2.75, 3.05) is 32.9 Å². The second-order valence-electron chi connectivity index (χ2n) is 4.55. The van der Waals surface area contributed by atoms with Gasteiger partial charge in [-0.05, 0) is 19.1 Å². The molecular weight excluding hydrogens is 268 g/mol. The molecule has 0 aliphatic carbocycles. The fourth-order valence-corrected chi connectivity index (χ4v) is 2.12. The van der Waals surface area contributed by atoms with Crippen molar-refractivity contribution >= 4 is 12.0 Å². The first-order valence-corrected chi connectivity index (χ1v) is 6.97. The van der Waals surface area contributed by atoms with E-state index in [1.54, 1.807) is 11.0 Å². The van der Waals surface area contributed by atoms with Crippen LogP contribution < -0.4 is 4.74 Å². The van der Waals surface area contributed by atoms with Gasteiger partial charge in [-0.15, -0.1) is 0 Å². The predicted molar refractivity (Wildman–Crippen MR) is 78.6 cm³/mol. The maximum atomic E-state index is 12.3. The number of ether oxygens (including phenoxy) is 2. The minimum atomic E-state index is -0.257. The average Bonchev–Trinajstić information content (AvgIpc) is 2.54. The molecule has 0 spiro atoms. The summed E-state index contributed by atoms with van der Waals surface area (Å²) in [6, 6.07) is 9.35. The summed E-state index contributed by atoms with van der Waals surface area (Å²) in [5.41, 5.74) is 0.849. The molecule has 21 heavy (non-hydrogen) atoms. The van der Waals surface area contributed by atoms with Gasteiger partial charge in [0.25, 0.3) is 5.91 Å². The Balaban J connectivity index is 2.24. The van der Waals surface area contributed by atoms with Crippen molar-refractivity contribution in [3.63, 3.8) is 0 Å². The van der Waals surface area contributed by atoms with Gasteiger partial charge in [0.1, 0.15) is 17.4 Å². The average molecular weight is 286 g/mol. The third-order valence-electron chi connectivity index (χ3n) is 3.17. The van der Waals surface area contributed by atoms with Crippen LogP contribution >= 0.6 is 0 Å². The van der Waals surface area contributed by atoms with Crippen LogP contribution in [0.1, 0.15) is 12.5 Å². The van der Waals surface area contributed by atoms with Crippen LogP contribution in [0.2, 0.25) is 0 Å². The second-order valence-corrected chi connectivity index (χ2v) is 4.55. The molecule has 2 rings (SSSR count). The lowest BCUT2D eigenvalue weighted by atomic mass is 10.1. The zero-order valence-corrected chi connectivity index (χ0v) is 12.0. The van der Waals surface area contributed by atoms with Gasteiger partial charge in [0, 0.05) is 18.7 Å². The molecule has 1 fully saturated rings. The molecule has 1 aliphatic heterocycles. The van der Waals surface area contributed by atoms with Crippen LogP contribution in [0.15, 0.2) is 29.8 Å². The number of rotatable bonds is 4. The van der Waals surface area contributed by atoms with E-state index in [0.717, 1.165) is 5.56 Å². The molecule has 0 bridgehead atoms. The summed E-state index contributed by atoms with van der Waals surface area (Å²) in [5, 5.41) is 9.27. The molecule has 1 aromatic rings. The van der Waals surface area contributed by atoms with Crippen molar-refractivity contribution in [3.05, 3.63) is 35.4 Å². The van der Waals surface area contributed by atoms with Gasteiger partial charge in [0.05, 0.1) is 19.8 Å². The van der Waals surface area contributed by atoms with Gasteiger partial charge in [-0.1, -0.05) is 18.2 Å². The highest BCUT2D eigenvalue weighted by Gasteiger charge is 2.20. The Morgan fingerprint density at radius 1 is 1.43 bits per heavy atom. The van der Waals surface area contributed by atoms with Gasteiger partial charge < -0.3 is 14.4 Å². The third kappa shape index (κ3) is 3.83. The number of benzene rings is 1. The first-order valence-electron chi connectivity index (χ1n) is 6.97. The molecule has 0 N–H and O–H groups in total. The summed E-state index contributed by atoms with van der Waals surface area (Å²) >= 11 is 0. The summed E-state index contributed by atoms with van der Waals surface area (Å²) in [5.74, 6) is 0.412. The summed E-state index contributed by atoms with van der Waals surface area (Å²) < 4.78 is 10.7. The molecule has 1 saturated heterocycles. The number of amides is 1. The maximum Gasteiger partial charge on any atom is 0.264 e. The molecule has 0 radical (unpaired) electrons. The number of hydrogen-bond donors (Lipinski definition) is 0. The summed E-state index contributed by atoms with van der Waals surface area (Å²) in [6.07, 6.45) is 1.59. The molecule has 5 nitrogen and oxygen atoms in total. The number of hydrogen-bond acceptors (Lipinski definition) is 4. The molecule has 1 aliphatic rings. The van der Waals surface area contributed by atoms with Crippen LogP contribution in [0.25, 0.3) is 6.08 Å². The normalized spacial score (nSPS) is 15.4. The fraction of sp³-hybridized carbons (Fsp3) is 0.375. The predicted octanol–water partition coefficient (Wildman–Crippen LogP) is 1.85. The van der Waals surface area contributed by atoms with Crippen LogP contribution in [0.3, 0.4) is 0 Å². The highest BCUT2D eigenvalue weighted by Crippen LogP contribution is 2.21. The summed E-state index contributed by atoms with van der Waals surface area (Å²) in [4.78, 5) is 14.0. The molecule has 0 saturated carbocycles. The quantitative estimate of drug-likeness (QED) is 0.626. The number of morpholine rings is 1. The van der Waals surface area contributed by atoms with Gasteiger partial charge in [0.2, 0.25) is 0 Å². The van der Waals surface area contributed by atoms with Crippen molar-refractivity contribution in [3.8, 4) is 11.8 Å². The van der Waals surface area contributed by atoms with E-state index in [0.29, 0.717) is 38.7 Å². The SMILES string of the molecule is CCOc1ccccc1/C=C(/C#N)C(=O)N1CCOCC1. The van der Waals surface area contributed by atoms with Crippen LogP contribution in [0.4, 0.5) is 0 Å². The van der Waals surface area contributed by atoms with E-state index in [-0.39, 0.29) is 11.5 Å². The first-order chi connectivity index (χ1) is 10.3. The summed E-state index contributed by atoms with van der Waals surface area (Å²) in [6.45, 7) is 4.49. The van der Waals surface area contributed by atoms with Crippen LogP contribution in [0, 0.1) is 11.3 Å². The van der Waals surface area contributed by atoms with E-state index in [1.807, 2.05) is 37.3 Å². The Labute approximate surface area is 124 Å². The lowest BCUT2D eigenvalue weighted by molar-refractivity contribution is -0.130. The van der Waals surface area contributed by atoms with Gasteiger partial charge in [-0.2, -0.15) is 5.26 Å². The van der Waals surface area contributed by atoms with E-state index in [2.05, 4.69) is 0 Å². The van der Waals surface area contributed by atoms with Gasteiger partial charge >= 0.3 is 0 Å². The topological polar surface area (TPSA) is 62.6 Å². The maximum absolute atomic E-state index is 12.3. The molecule has 0 aromatic heterocycles. The monoisotopic (exact) mass is 286 g/mol. The molecule has 110 valence electrons. The van der Waals surface area contributed by atoms with Gasteiger partial charge in [-0.25, -0.2) is 0 Å². The molecule has 5 heteroatoms. The zero-order valence-electron chi connectivity index (χ0n) is 12.0. The second kappa shape index (κ2) is 7.46. The highest BCUT2D eigenvalue weighted by atomic mass is 16.5. The Morgan fingerprint density at radius 3 is 2.81 bits per heavy atom. The number of carbonyl (C=O) groups excluding carboxylic acids is 1. The fourth-order valence-electron chi connectivity index (χ4n) is 2.12. The van der Waals surface area contributed by atoms with Crippen molar-refractivity contribution in [1.29, 1.82) is 5.26 Å². The lowest BCUT2D eigenvalue weighted by Crippen LogP contribution is -2.41. The largest absolute Gasteiger partial charge is 0.493 e. The van der Waals surface area contributed by atoms with Gasteiger partial charge in [0.15, 0.2) is 0 Å². The van der Waals surface area contributed by atoms with Gasteiger partial charge in [-0.3, -0.25) is 4.79 Å². The molecule has 1 amide bonds. The zero-order chi connectivity index (χ0) is 15.1. The standard InChI is InChI=1S/C16H18N2O3/c1-2-21-15-6-4-3-5-13(15)11-14(12-17)16(19)18-7-9-20-10-8-18/h3-6,11H,2,7-10H2,1H3/b14-11-. The summed E-state index contributed by atoms with van der Waals surface area (Å²) in [7, 11) is 0. The number of nitrogens with zero attached hydrogens (tertiary/aromatic N) is 2. The molecule has 1 aromatic carbocycles. The molecular formula is C16H18N2O3. The Kier molecular flexibility index (Phi) is 5.35. The van der Waals surface area contributed by atoms with E-state index < -0.39 is 0 Å². The van der Waals surface area contributed by atoms with Crippen LogP contribution in [-0.4, -0.2) is 43.7 Å². The van der Waals surface area contributed by atoms with E-state index in [4.69, 9.17) is 9.47 Å². The van der Waals surface area contributed by atoms with Crippen LogP contribution in [-0.2, 0) is 9.53 Å². The van der Waals surface area contributed by atoms with E-state index in [1.165, 1.54) is 0 Å². The Morgan fingerprint density at radius 2 is 2.14 bits per heavy atom. The first kappa shape index (κ1) is 15.1. The highest BCUT2D eigenvalue weighted by molar-refractivity contribution is 6.02. The van der Waals surface area contributed by atoms with Crippen molar-refractivity contribution in [2.24, 2.45) is 0 Å². The minimum absolute atomic E-state index is 0.115. The lowest BCUT2D eigenvalue weighted by Gasteiger charge is -2.26. The minimum Gasteiger partial charge on any atom is -0.493 e. The number of nitriles is 1. The van der Waals surface area contributed by atoms with E-state index >= 15 is 0 Å².